The Labute approximate surface area is 156 Å². The van der Waals surface area contributed by atoms with Gasteiger partial charge in [-0.3, -0.25) is 4.98 Å². The van der Waals surface area contributed by atoms with Gasteiger partial charge in [0.2, 0.25) is 0 Å². The molecule has 0 saturated heterocycles. The highest BCUT2D eigenvalue weighted by Gasteiger charge is 2.19. The molecule has 1 aromatic rings. The standard InChI is InChI=1S/C18H25ClN2O2.C2H2/c1-3-17(19)20-11-7-8-13-12-16(18(22)23-4-2)21-15-10-6-5-9-14(13)15;1-2/h3,11-12,18,22H,4-10H2,1-2H3;1-2H/b17-3-,20-11-;. The number of terminal acetylenes is 1. The molecule has 1 N–H and O–H groups in total. The van der Waals surface area contributed by atoms with E-state index in [0.717, 1.165) is 37.8 Å². The van der Waals surface area contributed by atoms with Crippen LogP contribution in [0.15, 0.2) is 22.3 Å². The number of pyridine rings is 1. The third-order valence-corrected chi connectivity index (χ3v) is 4.30. The quantitative estimate of drug-likeness (QED) is 0.340. The SMILES string of the molecule is C#C.C/C=C(Cl)\N=C/CCc1cc(C(O)OCC)nc2c1CCCC2. The second-order valence-electron chi connectivity index (χ2n) is 5.61. The van der Waals surface area contributed by atoms with E-state index in [2.05, 4.69) is 22.8 Å². The van der Waals surface area contributed by atoms with Crippen molar-refractivity contribution in [2.45, 2.75) is 58.7 Å². The van der Waals surface area contributed by atoms with Crippen LogP contribution >= 0.6 is 11.6 Å². The number of rotatable bonds is 7. The van der Waals surface area contributed by atoms with Gasteiger partial charge in [0.25, 0.3) is 0 Å². The van der Waals surface area contributed by atoms with Crippen molar-refractivity contribution in [1.82, 2.24) is 4.98 Å². The molecular weight excluding hydrogens is 336 g/mol. The average molecular weight is 363 g/mol. The van der Waals surface area contributed by atoms with Gasteiger partial charge in [-0.15, -0.1) is 12.8 Å². The summed E-state index contributed by atoms with van der Waals surface area (Å²) in [6.45, 7) is 4.19. The van der Waals surface area contributed by atoms with Crippen LogP contribution in [0.1, 0.15) is 61.9 Å². The van der Waals surface area contributed by atoms with Crippen LogP contribution in [-0.4, -0.2) is 22.9 Å². The molecule has 5 heteroatoms. The molecule has 0 spiro atoms. The Kier molecular flexibility index (Phi) is 10.1. The Morgan fingerprint density at radius 3 is 2.84 bits per heavy atom. The van der Waals surface area contributed by atoms with Gasteiger partial charge >= 0.3 is 0 Å². The minimum absolute atomic E-state index is 0.462. The van der Waals surface area contributed by atoms with E-state index < -0.39 is 6.29 Å². The molecule has 0 bridgehead atoms. The fraction of sp³-hybridized carbons (Fsp3) is 0.500. The summed E-state index contributed by atoms with van der Waals surface area (Å²) in [5, 5.41) is 10.6. The molecular formula is C20H27ClN2O2. The van der Waals surface area contributed by atoms with Gasteiger partial charge in [-0.1, -0.05) is 17.7 Å². The number of hydrogen-bond acceptors (Lipinski definition) is 4. The number of nitrogens with zero attached hydrogens (tertiary/aromatic N) is 2. The van der Waals surface area contributed by atoms with Crippen LogP contribution in [0.3, 0.4) is 0 Å². The number of aliphatic hydroxyl groups excluding tert-OH is 1. The first kappa shape index (κ1) is 21.4. The Bertz CT molecular complexity index is 624. The van der Waals surface area contributed by atoms with E-state index in [4.69, 9.17) is 16.3 Å². The van der Waals surface area contributed by atoms with Gasteiger partial charge in [-0.25, -0.2) is 4.99 Å². The molecule has 1 aliphatic rings. The lowest BCUT2D eigenvalue weighted by molar-refractivity contribution is -0.101. The van der Waals surface area contributed by atoms with E-state index in [-0.39, 0.29) is 0 Å². The highest BCUT2D eigenvalue weighted by atomic mass is 35.5. The first-order chi connectivity index (χ1) is 12.2. The number of allylic oxidation sites excluding steroid dienone is 1. The number of fused-ring (bicyclic) bond motifs is 1. The van der Waals surface area contributed by atoms with Crippen molar-refractivity contribution in [2.24, 2.45) is 4.99 Å². The number of ether oxygens (including phenoxy) is 1. The maximum Gasteiger partial charge on any atom is 0.198 e. The average Bonchev–Trinajstić information content (AvgIpc) is 2.66. The third kappa shape index (κ3) is 6.62. The van der Waals surface area contributed by atoms with Crippen molar-refractivity contribution in [3.05, 3.63) is 39.8 Å². The second-order valence-corrected chi connectivity index (χ2v) is 6.00. The summed E-state index contributed by atoms with van der Waals surface area (Å²) < 4.78 is 5.29. The predicted molar refractivity (Wildman–Crippen MR) is 104 cm³/mol. The Balaban J connectivity index is 0.00000151. The van der Waals surface area contributed by atoms with Gasteiger partial charge in [0.1, 0.15) is 5.16 Å². The zero-order valence-electron chi connectivity index (χ0n) is 15.0. The van der Waals surface area contributed by atoms with E-state index in [9.17, 15) is 5.11 Å². The molecule has 4 nitrogen and oxygen atoms in total. The summed E-state index contributed by atoms with van der Waals surface area (Å²) in [6, 6.07) is 1.98. The monoisotopic (exact) mass is 362 g/mol. The summed E-state index contributed by atoms with van der Waals surface area (Å²) in [4.78, 5) is 8.79. The molecule has 2 rings (SSSR count). The fourth-order valence-electron chi connectivity index (χ4n) is 2.85. The van der Waals surface area contributed by atoms with E-state index >= 15 is 0 Å². The summed E-state index contributed by atoms with van der Waals surface area (Å²) >= 11 is 5.87. The van der Waals surface area contributed by atoms with Crippen molar-refractivity contribution in [3.63, 3.8) is 0 Å². The van der Waals surface area contributed by atoms with E-state index in [1.54, 1.807) is 6.08 Å². The predicted octanol–water partition coefficient (Wildman–Crippen LogP) is 4.34. The smallest absolute Gasteiger partial charge is 0.198 e. The lowest BCUT2D eigenvalue weighted by Crippen LogP contribution is -2.14. The number of hydrogen-bond donors (Lipinski definition) is 1. The molecule has 0 radical (unpaired) electrons. The van der Waals surface area contributed by atoms with Gasteiger partial charge in [0.15, 0.2) is 6.29 Å². The highest BCUT2D eigenvalue weighted by Crippen LogP contribution is 2.27. The minimum Gasteiger partial charge on any atom is -0.363 e. The molecule has 1 aromatic heterocycles. The van der Waals surface area contributed by atoms with Crippen LogP contribution in [0.4, 0.5) is 0 Å². The van der Waals surface area contributed by atoms with Gasteiger partial charge in [-0.05, 0) is 69.6 Å². The first-order valence-corrected chi connectivity index (χ1v) is 9.02. The molecule has 0 aromatic carbocycles. The molecule has 1 unspecified atom stereocenters. The molecule has 25 heavy (non-hydrogen) atoms. The fourth-order valence-corrected chi connectivity index (χ4v) is 2.92. The number of aromatic nitrogens is 1. The zero-order valence-corrected chi connectivity index (χ0v) is 15.8. The molecule has 1 aliphatic carbocycles. The van der Waals surface area contributed by atoms with Gasteiger partial charge in [0.05, 0.1) is 5.69 Å². The third-order valence-electron chi connectivity index (χ3n) is 3.99. The van der Waals surface area contributed by atoms with Crippen LogP contribution in [-0.2, 0) is 24.0 Å². The van der Waals surface area contributed by atoms with Crippen LogP contribution in [0.2, 0.25) is 0 Å². The van der Waals surface area contributed by atoms with Crippen LogP contribution in [0.25, 0.3) is 0 Å². The van der Waals surface area contributed by atoms with Crippen molar-refractivity contribution in [3.8, 4) is 12.8 Å². The largest absolute Gasteiger partial charge is 0.363 e. The molecule has 0 fully saturated rings. The van der Waals surface area contributed by atoms with Crippen molar-refractivity contribution >= 4 is 17.8 Å². The van der Waals surface area contributed by atoms with E-state index in [0.29, 0.717) is 17.5 Å². The van der Waals surface area contributed by atoms with E-state index in [1.165, 1.54) is 17.5 Å². The summed E-state index contributed by atoms with van der Waals surface area (Å²) in [5.41, 5.74) is 4.32. The maximum atomic E-state index is 10.1. The molecule has 1 heterocycles. The normalized spacial score (nSPS) is 15.4. The first-order valence-electron chi connectivity index (χ1n) is 8.64. The number of aliphatic hydroxyl groups is 1. The number of aryl methyl sites for hydroxylation is 2. The van der Waals surface area contributed by atoms with Gasteiger partial charge < -0.3 is 9.84 Å². The minimum atomic E-state index is -0.947. The van der Waals surface area contributed by atoms with Crippen molar-refractivity contribution in [1.29, 1.82) is 0 Å². The molecule has 136 valence electrons. The maximum absolute atomic E-state index is 10.1. The van der Waals surface area contributed by atoms with E-state index in [1.807, 2.05) is 26.1 Å². The molecule has 0 amide bonds. The highest BCUT2D eigenvalue weighted by molar-refractivity contribution is 6.29. The summed E-state index contributed by atoms with van der Waals surface area (Å²) in [6.07, 6.45) is 16.7. The summed E-state index contributed by atoms with van der Waals surface area (Å²) in [5.74, 6) is 0. The number of halogens is 1. The second kappa shape index (κ2) is 11.8. The number of aliphatic imine (C=N–C) groups is 1. The van der Waals surface area contributed by atoms with Crippen molar-refractivity contribution in [2.75, 3.05) is 6.61 Å². The van der Waals surface area contributed by atoms with Gasteiger partial charge in [-0.2, -0.15) is 0 Å². The Morgan fingerprint density at radius 1 is 1.44 bits per heavy atom. The lowest BCUT2D eigenvalue weighted by atomic mass is 9.90. The molecule has 1 atom stereocenters. The molecule has 0 aliphatic heterocycles. The Hall–Kier alpha value is -1.67. The Morgan fingerprint density at radius 2 is 2.16 bits per heavy atom. The van der Waals surface area contributed by atoms with Crippen molar-refractivity contribution < 1.29 is 9.84 Å². The van der Waals surface area contributed by atoms with Crippen LogP contribution in [0.5, 0.6) is 0 Å². The molecule has 0 saturated carbocycles. The lowest BCUT2D eigenvalue weighted by Gasteiger charge is -2.21. The summed E-state index contributed by atoms with van der Waals surface area (Å²) in [7, 11) is 0. The van der Waals surface area contributed by atoms with Crippen LogP contribution in [0, 0.1) is 12.8 Å². The topological polar surface area (TPSA) is 54.7 Å². The van der Waals surface area contributed by atoms with Gasteiger partial charge in [0, 0.05) is 18.5 Å². The zero-order chi connectivity index (χ0) is 18.7. The van der Waals surface area contributed by atoms with Crippen LogP contribution < -0.4 is 0 Å².